The number of thioether (sulfide) groups is 1. The van der Waals surface area contributed by atoms with Gasteiger partial charge < -0.3 is 5.32 Å². The van der Waals surface area contributed by atoms with Crippen molar-refractivity contribution in [2.45, 2.75) is 17.9 Å². The molecule has 0 aliphatic carbocycles. The van der Waals surface area contributed by atoms with Crippen LogP contribution in [0.2, 0.25) is 0 Å². The zero-order valence-corrected chi connectivity index (χ0v) is 17.9. The van der Waals surface area contributed by atoms with Gasteiger partial charge in [-0.15, -0.1) is 11.8 Å². The Kier molecular flexibility index (Phi) is 6.67. The highest BCUT2D eigenvalue weighted by Crippen LogP contribution is 2.22. The van der Waals surface area contributed by atoms with Crippen molar-refractivity contribution in [2.75, 3.05) is 25.9 Å². The molecule has 1 N–H and O–H groups in total. The Morgan fingerprint density at radius 3 is 2.63 bits per heavy atom. The van der Waals surface area contributed by atoms with Crippen LogP contribution in [0.15, 0.2) is 78.0 Å². The number of nitrogens with one attached hydrogen (secondary N) is 1. The number of carbonyl (C=O) groups is 1. The second kappa shape index (κ2) is 9.78. The second-order valence-corrected chi connectivity index (χ2v) is 8.23. The summed E-state index contributed by atoms with van der Waals surface area (Å²) < 4.78 is 1.90. The molecule has 1 amide bonds. The fourth-order valence-corrected chi connectivity index (χ4v) is 3.94. The predicted molar refractivity (Wildman–Crippen MR) is 123 cm³/mol. The monoisotopic (exact) mass is 418 g/mol. The number of hydrogen-bond acceptors (Lipinski definition) is 4. The first kappa shape index (κ1) is 20.4. The first-order chi connectivity index (χ1) is 14.7. The van der Waals surface area contributed by atoms with Crippen molar-refractivity contribution < 1.29 is 4.79 Å². The van der Waals surface area contributed by atoms with Gasteiger partial charge in [-0.05, 0) is 48.1 Å². The van der Waals surface area contributed by atoms with Gasteiger partial charge in [0.2, 0.25) is 5.91 Å². The second-order valence-electron chi connectivity index (χ2n) is 7.35. The molecule has 6 heteroatoms. The normalized spacial score (nSPS) is 14.4. The summed E-state index contributed by atoms with van der Waals surface area (Å²) in [6, 6.07) is 18.4. The van der Waals surface area contributed by atoms with Gasteiger partial charge in [-0.3, -0.25) is 9.69 Å². The fourth-order valence-electron chi connectivity index (χ4n) is 3.53. The van der Waals surface area contributed by atoms with Crippen LogP contribution in [0.1, 0.15) is 17.5 Å². The summed E-state index contributed by atoms with van der Waals surface area (Å²) in [5.41, 5.74) is 4.62. The minimum atomic E-state index is 0.0673. The Morgan fingerprint density at radius 1 is 1.13 bits per heavy atom. The van der Waals surface area contributed by atoms with E-state index >= 15 is 0 Å². The minimum Gasteiger partial charge on any atom is -0.351 e. The van der Waals surface area contributed by atoms with Crippen LogP contribution in [0.3, 0.4) is 0 Å². The van der Waals surface area contributed by atoms with Gasteiger partial charge in [0.1, 0.15) is 0 Å². The molecule has 0 fully saturated rings. The maximum absolute atomic E-state index is 12.3. The molecule has 1 aromatic heterocycles. The highest BCUT2D eigenvalue weighted by Gasteiger charge is 2.16. The van der Waals surface area contributed by atoms with Crippen molar-refractivity contribution in [1.29, 1.82) is 0 Å². The number of hydrogen-bond donors (Lipinski definition) is 1. The Morgan fingerprint density at radius 2 is 1.93 bits per heavy atom. The first-order valence-electron chi connectivity index (χ1n) is 10.1. The van der Waals surface area contributed by atoms with E-state index in [4.69, 9.17) is 0 Å². The predicted octanol–water partition coefficient (Wildman–Crippen LogP) is 4.00. The summed E-state index contributed by atoms with van der Waals surface area (Å²) in [5.74, 6) is 0.0673. The molecule has 4 rings (SSSR count). The Hall–Kier alpha value is -2.83. The minimum absolute atomic E-state index is 0.0673. The molecule has 0 unspecified atom stereocenters. The van der Waals surface area contributed by atoms with Crippen molar-refractivity contribution in [2.24, 2.45) is 0 Å². The van der Waals surface area contributed by atoms with Gasteiger partial charge in [-0.1, -0.05) is 36.4 Å². The smallest absolute Gasteiger partial charge is 0.234 e. The van der Waals surface area contributed by atoms with Crippen molar-refractivity contribution in [3.8, 4) is 5.69 Å². The van der Waals surface area contributed by atoms with Crippen LogP contribution in [-0.4, -0.2) is 46.5 Å². The summed E-state index contributed by atoms with van der Waals surface area (Å²) in [7, 11) is 0. The van der Waals surface area contributed by atoms with Gasteiger partial charge in [0, 0.05) is 36.3 Å². The van der Waals surface area contributed by atoms with Crippen molar-refractivity contribution >= 4 is 23.2 Å². The van der Waals surface area contributed by atoms with E-state index in [1.54, 1.807) is 11.8 Å². The lowest BCUT2D eigenvalue weighted by Gasteiger charge is -2.25. The number of rotatable bonds is 7. The molecule has 1 aliphatic rings. The van der Waals surface area contributed by atoms with Crippen molar-refractivity contribution in [3.05, 3.63) is 84.2 Å². The number of carbonyl (C=O) groups excluding carboxylic acids is 1. The van der Waals surface area contributed by atoms with Crippen LogP contribution in [0.25, 0.3) is 11.3 Å². The fraction of sp³-hybridized carbons (Fsp3) is 0.250. The highest BCUT2D eigenvalue weighted by molar-refractivity contribution is 7.98. The Labute approximate surface area is 181 Å². The molecule has 5 nitrogen and oxygen atoms in total. The van der Waals surface area contributed by atoms with Gasteiger partial charge in [-0.25, -0.2) is 4.68 Å². The molecule has 1 aliphatic heterocycles. The molecule has 2 heterocycles. The molecule has 3 aromatic rings. The topological polar surface area (TPSA) is 50.2 Å². The molecule has 0 spiro atoms. The van der Waals surface area contributed by atoms with E-state index in [-0.39, 0.29) is 5.91 Å². The van der Waals surface area contributed by atoms with Crippen molar-refractivity contribution in [1.82, 2.24) is 20.0 Å². The van der Waals surface area contributed by atoms with E-state index in [0.29, 0.717) is 13.1 Å². The van der Waals surface area contributed by atoms with E-state index in [0.717, 1.165) is 36.3 Å². The van der Waals surface area contributed by atoms with Crippen LogP contribution in [0, 0.1) is 0 Å². The van der Waals surface area contributed by atoms with Gasteiger partial charge in [0.05, 0.1) is 18.4 Å². The largest absolute Gasteiger partial charge is 0.351 e. The van der Waals surface area contributed by atoms with E-state index in [1.165, 1.54) is 10.5 Å². The number of nitrogens with zero attached hydrogens (tertiary/aromatic N) is 3. The van der Waals surface area contributed by atoms with E-state index in [9.17, 15) is 4.79 Å². The molecule has 0 saturated carbocycles. The zero-order chi connectivity index (χ0) is 20.8. The van der Waals surface area contributed by atoms with Gasteiger partial charge in [-0.2, -0.15) is 5.10 Å². The van der Waals surface area contributed by atoms with Crippen LogP contribution in [0.5, 0.6) is 0 Å². The lowest BCUT2D eigenvalue weighted by Crippen LogP contribution is -2.39. The van der Waals surface area contributed by atoms with Crippen LogP contribution >= 0.6 is 11.8 Å². The third kappa shape index (κ3) is 5.20. The average Bonchev–Trinajstić information content (AvgIpc) is 3.29. The molecule has 0 saturated heterocycles. The van der Waals surface area contributed by atoms with Crippen molar-refractivity contribution in [3.63, 3.8) is 0 Å². The standard InChI is InChI=1S/C24H26N4OS/c1-30-23-9-7-19(8-10-23)15-25-24(29)18-27-13-11-20(12-14-27)21-16-26-28(17-21)22-5-3-2-4-6-22/h2-11,16-17H,12-15,18H2,1H3,(H,25,29). The molecule has 30 heavy (non-hydrogen) atoms. The maximum Gasteiger partial charge on any atom is 0.234 e. The lowest BCUT2D eigenvalue weighted by atomic mass is 10.0. The van der Waals surface area contributed by atoms with E-state index < -0.39 is 0 Å². The maximum atomic E-state index is 12.3. The third-order valence-electron chi connectivity index (χ3n) is 5.28. The van der Waals surface area contributed by atoms with Gasteiger partial charge in [0.15, 0.2) is 0 Å². The number of para-hydroxylation sites is 1. The molecule has 0 bridgehead atoms. The molecule has 0 radical (unpaired) electrons. The molecular formula is C24H26N4OS. The number of amides is 1. The van der Waals surface area contributed by atoms with E-state index in [1.807, 2.05) is 41.2 Å². The third-order valence-corrected chi connectivity index (χ3v) is 6.03. The summed E-state index contributed by atoms with van der Waals surface area (Å²) in [6.07, 6.45) is 9.19. The van der Waals surface area contributed by atoms with Gasteiger partial charge in [0.25, 0.3) is 0 Å². The summed E-state index contributed by atoms with van der Waals surface area (Å²) in [4.78, 5) is 15.7. The Balaban J connectivity index is 1.27. The highest BCUT2D eigenvalue weighted by atomic mass is 32.2. The Bertz CT molecular complexity index is 1010. The summed E-state index contributed by atoms with van der Waals surface area (Å²) in [6.45, 7) is 2.65. The number of aromatic nitrogens is 2. The molecule has 0 atom stereocenters. The van der Waals surface area contributed by atoms with Crippen LogP contribution < -0.4 is 5.32 Å². The van der Waals surface area contributed by atoms with Crippen LogP contribution in [0.4, 0.5) is 0 Å². The van der Waals surface area contributed by atoms with Gasteiger partial charge >= 0.3 is 0 Å². The summed E-state index contributed by atoms with van der Waals surface area (Å²) >= 11 is 1.72. The quantitative estimate of drug-likeness (QED) is 0.589. The molecule has 2 aromatic carbocycles. The average molecular weight is 419 g/mol. The number of benzene rings is 2. The van der Waals surface area contributed by atoms with Crippen LogP contribution in [-0.2, 0) is 11.3 Å². The lowest BCUT2D eigenvalue weighted by molar-refractivity contribution is -0.122. The van der Waals surface area contributed by atoms with E-state index in [2.05, 4.69) is 58.1 Å². The molecule has 154 valence electrons. The zero-order valence-electron chi connectivity index (χ0n) is 17.1. The first-order valence-corrected chi connectivity index (χ1v) is 11.4. The summed E-state index contributed by atoms with van der Waals surface area (Å²) in [5, 5.41) is 7.52. The molecular weight excluding hydrogens is 392 g/mol. The SMILES string of the molecule is CSc1ccc(CNC(=O)CN2CC=C(c3cnn(-c4ccccc4)c3)CC2)cc1.